The molecule has 0 radical (unpaired) electrons. The van der Waals surface area contributed by atoms with Crippen LogP contribution in [-0.2, 0) is 22.4 Å². The maximum Gasteiger partial charge on any atom is 0.140 e. The number of hydrogen-bond acceptors (Lipinski definition) is 4. The Morgan fingerprint density at radius 3 is 2.26 bits per heavy atom. The van der Waals surface area contributed by atoms with Crippen LogP contribution in [0, 0.1) is 0 Å². The molecule has 1 fully saturated rings. The number of carbonyl (C=O) groups excluding carboxylic acids is 1. The molecule has 0 bridgehead atoms. The molecule has 1 saturated heterocycles. The van der Waals surface area contributed by atoms with Crippen LogP contribution in [0.25, 0.3) is 0 Å². The maximum absolute atomic E-state index is 12.1. The number of hydrogen-bond donors (Lipinski definition) is 0. The molecule has 4 nitrogen and oxygen atoms in total. The Morgan fingerprint density at radius 2 is 1.67 bits per heavy atom. The molecule has 144 valence electrons. The molecule has 0 N–H and O–H groups in total. The SMILES string of the molecule is CN(C)[C@@](C=O)(CCc1ccc(N2CCOCC2)cc1)Cc1ccccc1. The largest absolute Gasteiger partial charge is 0.378 e. The molecule has 1 aliphatic heterocycles. The van der Waals surface area contributed by atoms with Crippen LogP contribution >= 0.6 is 0 Å². The minimum Gasteiger partial charge on any atom is -0.378 e. The van der Waals surface area contributed by atoms with Crippen molar-refractivity contribution >= 4 is 12.0 Å². The lowest BCUT2D eigenvalue weighted by Crippen LogP contribution is -2.48. The topological polar surface area (TPSA) is 32.8 Å². The highest BCUT2D eigenvalue weighted by atomic mass is 16.5. The molecule has 3 rings (SSSR count). The molecule has 0 aromatic heterocycles. The van der Waals surface area contributed by atoms with Crippen molar-refractivity contribution in [2.75, 3.05) is 45.3 Å². The van der Waals surface area contributed by atoms with E-state index < -0.39 is 5.54 Å². The Hall–Kier alpha value is -2.17. The van der Waals surface area contributed by atoms with Crippen molar-refractivity contribution in [3.63, 3.8) is 0 Å². The van der Waals surface area contributed by atoms with Gasteiger partial charge in [0.1, 0.15) is 6.29 Å². The first-order valence-electron chi connectivity index (χ1n) is 9.72. The van der Waals surface area contributed by atoms with Gasteiger partial charge in [-0.1, -0.05) is 42.5 Å². The van der Waals surface area contributed by atoms with Crippen LogP contribution in [0.5, 0.6) is 0 Å². The predicted octanol–water partition coefficient (Wildman–Crippen LogP) is 3.20. The zero-order valence-corrected chi connectivity index (χ0v) is 16.4. The summed E-state index contributed by atoms with van der Waals surface area (Å²) in [4.78, 5) is 16.5. The summed E-state index contributed by atoms with van der Waals surface area (Å²) in [6.07, 6.45) is 3.54. The van der Waals surface area contributed by atoms with Gasteiger partial charge in [-0.2, -0.15) is 0 Å². The first kappa shape index (κ1) is 19.6. The molecular weight excluding hydrogens is 336 g/mol. The normalized spacial score (nSPS) is 16.9. The lowest BCUT2D eigenvalue weighted by Gasteiger charge is -2.35. The van der Waals surface area contributed by atoms with E-state index in [1.54, 1.807) is 0 Å². The number of ether oxygens (including phenoxy) is 1. The minimum atomic E-state index is -0.482. The summed E-state index contributed by atoms with van der Waals surface area (Å²) in [5.74, 6) is 0. The lowest BCUT2D eigenvalue weighted by atomic mass is 9.85. The minimum absolute atomic E-state index is 0.482. The van der Waals surface area contributed by atoms with E-state index in [1.807, 2.05) is 32.3 Å². The standard InChI is InChI=1S/C23H30N2O2/c1-24(2)23(19-26,18-21-6-4-3-5-7-21)13-12-20-8-10-22(11-9-20)25-14-16-27-17-15-25/h3-11,19H,12-18H2,1-2H3/t23-/m0/s1. The summed E-state index contributed by atoms with van der Waals surface area (Å²) in [7, 11) is 4.00. The second kappa shape index (κ2) is 9.16. The molecule has 1 heterocycles. The Labute approximate surface area is 162 Å². The van der Waals surface area contributed by atoms with Crippen LogP contribution < -0.4 is 4.90 Å². The van der Waals surface area contributed by atoms with Crippen molar-refractivity contribution < 1.29 is 9.53 Å². The molecule has 1 atom stereocenters. The molecule has 0 saturated carbocycles. The molecule has 27 heavy (non-hydrogen) atoms. The van der Waals surface area contributed by atoms with Gasteiger partial charge in [0.25, 0.3) is 0 Å². The summed E-state index contributed by atoms with van der Waals surface area (Å²) < 4.78 is 5.43. The first-order valence-corrected chi connectivity index (χ1v) is 9.72. The number of nitrogens with zero attached hydrogens (tertiary/aromatic N) is 2. The molecule has 1 aliphatic rings. The summed E-state index contributed by atoms with van der Waals surface area (Å²) in [5.41, 5.74) is 3.24. The predicted molar refractivity (Wildman–Crippen MR) is 110 cm³/mol. The third-order valence-corrected chi connectivity index (χ3v) is 5.62. The number of aryl methyl sites for hydroxylation is 1. The van der Waals surface area contributed by atoms with Crippen molar-refractivity contribution in [1.82, 2.24) is 4.90 Å². The fraction of sp³-hybridized carbons (Fsp3) is 0.435. The number of anilines is 1. The van der Waals surface area contributed by atoms with Gasteiger partial charge in [0.2, 0.25) is 0 Å². The molecule has 2 aromatic rings. The maximum atomic E-state index is 12.1. The molecule has 0 amide bonds. The summed E-state index contributed by atoms with van der Waals surface area (Å²) in [6, 6.07) is 19.0. The van der Waals surface area contributed by atoms with E-state index in [0.717, 1.165) is 51.9 Å². The molecule has 4 heteroatoms. The smallest absolute Gasteiger partial charge is 0.140 e. The van der Waals surface area contributed by atoms with Gasteiger partial charge in [-0.05, 0) is 56.6 Å². The fourth-order valence-corrected chi connectivity index (χ4v) is 3.68. The number of aldehydes is 1. The van der Waals surface area contributed by atoms with Crippen LogP contribution in [0.2, 0.25) is 0 Å². The molecule has 0 aliphatic carbocycles. The Balaban J connectivity index is 1.67. The summed E-state index contributed by atoms with van der Waals surface area (Å²) in [6.45, 7) is 3.49. The zero-order valence-electron chi connectivity index (χ0n) is 16.4. The zero-order chi connectivity index (χ0) is 19.1. The Kier molecular flexibility index (Phi) is 6.64. The van der Waals surface area contributed by atoms with Crippen molar-refractivity contribution in [2.45, 2.75) is 24.8 Å². The van der Waals surface area contributed by atoms with Crippen LogP contribution in [0.15, 0.2) is 54.6 Å². The van der Waals surface area contributed by atoms with Crippen LogP contribution in [0.4, 0.5) is 5.69 Å². The van der Waals surface area contributed by atoms with Gasteiger partial charge < -0.3 is 14.4 Å². The number of rotatable bonds is 8. The number of morpholine rings is 1. The highest BCUT2D eigenvalue weighted by molar-refractivity contribution is 5.65. The summed E-state index contributed by atoms with van der Waals surface area (Å²) >= 11 is 0. The van der Waals surface area contributed by atoms with Gasteiger partial charge in [0.15, 0.2) is 0 Å². The second-order valence-electron chi connectivity index (χ2n) is 7.54. The van der Waals surface area contributed by atoms with Crippen LogP contribution in [-0.4, -0.2) is 57.1 Å². The van der Waals surface area contributed by atoms with Crippen molar-refractivity contribution in [3.05, 3.63) is 65.7 Å². The van der Waals surface area contributed by atoms with E-state index >= 15 is 0 Å². The third-order valence-electron chi connectivity index (χ3n) is 5.62. The summed E-state index contributed by atoms with van der Waals surface area (Å²) in [5, 5.41) is 0. The van der Waals surface area contributed by atoms with Gasteiger partial charge in [-0.3, -0.25) is 4.90 Å². The molecular formula is C23H30N2O2. The van der Waals surface area contributed by atoms with E-state index in [4.69, 9.17) is 4.74 Å². The number of carbonyl (C=O) groups is 1. The molecule has 2 aromatic carbocycles. The highest BCUT2D eigenvalue weighted by Gasteiger charge is 2.32. The van der Waals surface area contributed by atoms with Gasteiger partial charge in [-0.25, -0.2) is 0 Å². The number of likely N-dealkylation sites (N-methyl/N-ethyl adjacent to an activating group) is 1. The van der Waals surface area contributed by atoms with Crippen molar-refractivity contribution in [1.29, 1.82) is 0 Å². The highest BCUT2D eigenvalue weighted by Crippen LogP contribution is 2.24. The first-order chi connectivity index (χ1) is 13.1. The van der Waals surface area contributed by atoms with E-state index in [1.165, 1.54) is 16.8 Å². The number of benzene rings is 2. The average molecular weight is 367 g/mol. The van der Waals surface area contributed by atoms with E-state index in [9.17, 15) is 4.79 Å². The fourth-order valence-electron chi connectivity index (χ4n) is 3.68. The third kappa shape index (κ3) is 4.96. The average Bonchev–Trinajstić information content (AvgIpc) is 2.73. The molecule has 0 unspecified atom stereocenters. The van der Waals surface area contributed by atoms with Gasteiger partial charge in [0.05, 0.1) is 18.8 Å². The van der Waals surface area contributed by atoms with Gasteiger partial charge in [0, 0.05) is 18.8 Å². The Morgan fingerprint density at radius 1 is 1.00 bits per heavy atom. The van der Waals surface area contributed by atoms with Gasteiger partial charge >= 0.3 is 0 Å². The van der Waals surface area contributed by atoms with Crippen molar-refractivity contribution in [2.24, 2.45) is 0 Å². The van der Waals surface area contributed by atoms with E-state index in [2.05, 4.69) is 46.2 Å². The monoisotopic (exact) mass is 366 g/mol. The molecule has 0 spiro atoms. The van der Waals surface area contributed by atoms with Gasteiger partial charge in [-0.15, -0.1) is 0 Å². The van der Waals surface area contributed by atoms with Crippen LogP contribution in [0.3, 0.4) is 0 Å². The second-order valence-corrected chi connectivity index (χ2v) is 7.54. The van der Waals surface area contributed by atoms with E-state index in [0.29, 0.717) is 0 Å². The van der Waals surface area contributed by atoms with E-state index in [-0.39, 0.29) is 0 Å². The van der Waals surface area contributed by atoms with Crippen molar-refractivity contribution in [3.8, 4) is 0 Å². The lowest BCUT2D eigenvalue weighted by molar-refractivity contribution is -0.117. The van der Waals surface area contributed by atoms with Crippen LogP contribution in [0.1, 0.15) is 17.5 Å². The quantitative estimate of drug-likeness (QED) is 0.672. The Bertz CT molecular complexity index is 709.